The first-order valence-electron chi connectivity index (χ1n) is 35.7. The number of aromatic nitrogens is 10. The van der Waals surface area contributed by atoms with Crippen LogP contribution in [0, 0.1) is 0 Å². The van der Waals surface area contributed by atoms with Gasteiger partial charge in [0.05, 0.1) is 44.1 Å². The molecular weight excluding hydrogens is 1290 g/mol. The van der Waals surface area contributed by atoms with Crippen molar-refractivity contribution in [3.05, 3.63) is 376 Å². The molecule has 10 heteroatoms. The van der Waals surface area contributed by atoms with Gasteiger partial charge in [-0.1, -0.05) is 279 Å². The van der Waals surface area contributed by atoms with Gasteiger partial charge in [0.15, 0.2) is 29.1 Å². The topological polar surface area (TPSA) is 97.1 Å². The highest BCUT2D eigenvalue weighted by molar-refractivity contribution is 6.21. The fraction of sp³-hybridized carbons (Fsp3) is 0. The molecule has 0 spiro atoms. The average Bonchev–Trinajstić information content (AvgIpc) is 1.56. The third kappa shape index (κ3) is 10.7. The molecule has 106 heavy (non-hydrogen) atoms. The van der Waals surface area contributed by atoms with Crippen molar-refractivity contribution >= 4 is 87.2 Å². The number of nitrogens with zero attached hydrogens (tertiary/aromatic N) is 10. The largest absolute Gasteiger partial charge is 0.309 e. The van der Waals surface area contributed by atoms with Gasteiger partial charge >= 0.3 is 0 Å². The van der Waals surface area contributed by atoms with Crippen molar-refractivity contribution in [1.82, 2.24) is 48.2 Å². The van der Waals surface area contributed by atoms with Crippen molar-refractivity contribution in [2.24, 2.45) is 0 Å². The number of fused-ring (bicyclic) bond motifs is 12. The van der Waals surface area contributed by atoms with Crippen LogP contribution in [0.1, 0.15) is 0 Å². The molecule has 0 unspecified atom stereocenters. The Bertz CT molecular complexity index is 6930. The first kappa shape index (κ1) is 61.4. The third-order valence-corrected chi connectivity index (χ3v) is 20.3. The van der Waals surface area contributed by atoms with Crippen molar-refractivity contribution in [1.29, 1.82) is 0 Å². The quantitative estimate of drug-likeness (QED) is 0.128. The zero-order valence-corrected chi connectivity index (χ0v) is 57.3. The van der Waals surface area contributed by atoms with Crippen molar-refractivity contribution in [3.8, 4) is 102 Å². The van der Waals surface area contributed by atoms with E-state index in [1.807, 2.05) is 60.7 Å². The van der Waals surface area contributed by atoms with Crippen LogP contribution in [0.25, 0.3) is 189 Å². The van der Waals surface area contributed by atoms with E-state index >= 15 is 0 Å². The van der Waals surface area contributed by atoms with Crippen molar-refractivity contribution < 1.29 is 0 Å². The molecule has 0 amide bonds. The molecule has 0 aliphatic rings. The summed E-state index contributed by atoms with van der Waals surface area (Å²) < 4.78 is 9.32. The Labute approximate surface area is 610 Å². The van der Waals surface area contributed by atoms with Crippen molar-refractivity contribution in [2.75, 3.05) is 0 Å². The summed E-state index contributed by atoms with van der Waals surface area (Å²) in [4.78, 5) is 30.8. The van der Waals surface area contributed by atoms with Gasteiger partial charge in [-0.15, -0.1) is 0 Å². The minimum Gasteiger partial charge on any atom is -0.309 e. The van der Waals surface area contributed by atoms with Gasteiger partial charge in [-0.3, -0.25) is 4.57 Å². The Morgan fingerprint density at radius 2 is 0.396 bits per heavy atom. The molecule has 10 nitrogen and oxygen atoms in total. The first-order chi connectivity index (χ1) is 52.6. The van der Waals surface area contributed by atoms with Crippen molar-refractivity contribution in [3.63, 3.8) is 0 Å². The molecule has 496 valence electrons. The second-order valence-corrected chi connectivity index (χ2v) is 26.6. The lowest BCUT2D eigenvalue weighted by molar-refractivity contribution is 0.953. The standard InChI is InChI=1S/C51H33N5.C45H29N5/c1-4-16-34(17-5-1)36-20-14-21-37(30-36)50-52-49(35-18-6-2-7-19-35)53-51(54-50)38-22-15-25-40(31-38)56-46-29-13-11-27-42(46)44-32-43-41-26-10-12-28-45(41)55(47(43)33-48(44)56)39-23-8-3-9-24-39;1-4-15-30(16-5-1)32-19-14-20-33(27-32)44-46-43(31-17-6-2-7-18-31)47-45(48-44)50-40-26-13-11-24-36(40)38-28-37-35-23-10-12-25-39(35)49(41(37)29-42(38)50)34-21-8-3-9-22-34/h1-33H;1-29H. The number of hydrogen-bond acceptors (Lipinski definition) is 6. The van der Waals surface area contributed by atoms with Gasteiger partial charge in [-0.25, -0.2) is 19.9 Å². The van der Waals surface area contributed by atoms with E-state index in [2.05, 4.69) is 334 Å². The van der Waals surface area contributed by atoms with E-state index in [1.165, 1.54) is 43.4 Å². The molecule has 0 fully saturated rings. The molecule has 0 aliphatic heterocycles. The summed E-state index contributed by atoms with van der Waals surface area (Å²) in [6.07, 6.45) is 0. The second kappa shape index (κ2) is 25.8. The van der Waals surface area contributed by atoms with Gasteiger partial charge in [0.1, 0.15) is 0 Å². The predicted molar refractivity (Wildman–Crippen MR) is 435 cm³/mol. The Kier molecular flexibility index (Phi) is 15.0. The summed E-state index contributed by atoms with van der Waals surface area (Å²) in [5, 5.41) is 9.61. The summed E-state index contributed by atoms with van der Waals surface area (Å²) in [6.45, 7) is 0. The zero-order valence-electron chi connectivity index (χ0n) is 57.3. The van der Waals surface area contributed by atoms with E-state index in [9.17, 15) is 0 Å². The van der Waals surface area contributed by atoms with Crippen LogP contribution in [0.5, 0.6) is 0 Å². The summed E-state index contributed by atoms with van der Waals surface area (Å²) >= 11 is 0. The van der Waals surface area contributed by atoms with Crippen LogP contribution in [0.2, 0.25) is 0 Å². The van der Waals surface area contributed by atoms with E-state index in [0.717, 1.165) is 111 Å². The molecule has 21 rings (SSSR count). The van der Waals surface area contributed by atoms with E-state index in [-0.39, 0.29) is 0 Å². The van der Waals surface area contributed by atoms with Gasteiger partial charge in [-0.05, 0) is 119 Å². The Morgan fingerprint density at radius 1 is 0.142 bits per heavy atom. The number of rotatable bonds is 11. The minimum atomic E-state index is 0.576. The van der Waals surface area contributed by atoms with Crippen molar-refractivity contribution in [2.45, 2.75) is 0 Å². The lowest BCUT2D eigenvalue weighted by atomic mass is 10.0. The molecule has 21 aromatic rings. The molecule has 0 bridgehead atoms. The van der Waals surface area contributed by atoms with Gasteiger partial charge < -0.3 is 13.7 Å². The molecule has 0 saturated heterocycles. The first-order valence-corrected chi connectivity index (χ1v) is 35.7. The third-order valence-electron chi connectivity index (χ3n) is 20.3. The van der Waals surface area contributed by atoms with Crippen LogP contribution in [0.3, 0.4) is 0 Å². The van der Waals surface area contributed by atoms with Gasteiger partial charge in [0, 0.05) is 88.0 Å². The Hall–Kier alpha value is -14.5. The van der Waals surface area contributed by atoms with E-state index in [1.54, 1.807) is 0 Å². The molecular formula is C96H62N10. The maximum atomic E-state index is 5.24. The zero-order chi connectivity index (χ0) is 70.0. The molecule has 6 heterocycles. The van der Waals surface area contributed by atoms with Crippen LogP contribution in [-0.4, -0.2) is 48.2 Å². The van der Waals surface area contributed by atoms with Crippen LogP contribution in [0.15, 0.2) is 376 Å². The van der Waals surface area contributed by atoms with Crippen LogP contribution in [-0.2, 0) is 0 Å². The van der Waals surface area contributed by atoms with Gasteiger partial charge in [0.25, 0.3) is 0 Å². The summed E-state index contributed by atoms with van der Waals surface area (Å²) in [6, 6.07) is 132. The van der Waals surface area contributed by atoms with E-state index in [0.29, 0.717) is 35.1 Å². The molecule has 0 atom stereocenters. The lowest BCUT2D eigenvalue weighted by Crippen LogP contribution is -2.06. The SMILES string of the molecule is c1ccc(-c2cccc(-c3nc(-c4ccccc4)nc(-c4cccc(-n5c6ccccc6c6cc7c8ccccc8n(-c8ccccc8)c7cc65)c4)n3)c2)cc1.c1ccc(-c2cccc(-c3nc(-c4ccccc4)nc(-n4c5ccccc5c5cc6c7ccccc7n(-c7ccccc7)c6cc54)n3)c2)cc1. The molecule has 6 aromatic heterocycles. The second-order valence-electron chi connectivity index (χ2n) is 26.6. The maximum Gasteiger partial charge on any atom is 0.238 e. The number of para-hydroxylation sites is 6. The van der Waals surface area contributed by atoms with E-state index in [4.69, 9.17) is 29.9 Å². The lowest BCUT2D eigenvalue weighted by Gasteiger charge is -2.12. The molecule has 0 aliphatic carbocycles. The smallest absolute Gasteiger partial charge is 0.238 e. The highest BCUT2D eigenvalue weighted by Crippen LogP contribution is 2.43. The fourth-order valence-corrected chi connectivity index (χ4v) is 15.4. The predicted octanol–water partition coefficient (Wildman–Crippen LogP) is 23.8. The monoisotopic (exact) mass is 1350 g/mol. The molecule has 0 radical (unpaired) electrons. The summed E-state index contributed by atoms with van der Waals surface area (Å²) in [7, 11) is 0. The molecule has 15 aromatic carbocycles. The average molecular weight is 1360 g/mol. The normalized spacial score (nSPS) is 11.6. The number of benzene rings is 15. The van der Waals surface area contributed by atoms with Gasteiger partial charge in [-0.2, -0.15) is 9.97 Å². The minimum absolute atomic E-state index is 0.576. The van der Waals surface area contributed by atoms with E-state index < -0.39 is 0 Å². The highest BCUT2D eigenvalue weighted by Gasteiger charge is 2.24. The Balaban J connectivity index is 0.000000141. The summed E-state index contributed by atoms with van der Waals surface area (Å²) in [5.74, 6) is 3.71. The highest BCUT2D eigenvalue weighted by atomic mass is 15.2. The summed E-state index contributed by atoms with van der Waals surface area (Å²) in [5.41, 5.74) is 21.4. The fourth-order valence-electron chi connectivity index (χ4n) is 15.4. The van der Waals surface area contributed by atoms with Gasteiger partial charge in [0.2, 0.25) is 5.95 Å². The Morgan fingerprint density at radius 3 is 0.792 bits per heavy atom. The maximum absolute atomic E-state index is 5.24. The van der Waals surface area contributed by atoms with Crippen LogP contribution < -0.4 is 0 Å². The van der Waals surface area contributed by atoms with Crippen LogP contribution in [0.4, 0.5) is 0 Å². The number of hydrogen-bond donors (Lipinski definition) is 0. The van der Waals surface area contributed by atoms with Crippen LogP contribution >= 0.6 is 0 Å². The molecule has 0 saturated carbocycles. The molecule has 0 N–H and O–H groups in total.